The van der Waals surface area contributed by atoms with Crippen LogP contribution in [0.5, 0.6) is 0 Å². The summed E-state index contributed by atoms with van der Waals surface area (Å²) in [6.45, 7) is 1.71. The zero-order valence-electron chi connectivity index (χ0n) is 8.95. The van der Waals surface area contributed by atoms with E-state index >= 15 is 0 Å². The predicted molar refractivity (Wildman–Crippen MR) is 57.6 cm³/mol. The largest absolute Gasteiger partial charge is 0.356 e. The molecule has 1 aromatic heterocycles. The van der Waals surface area contributed by atoms with Crippen LogP contribution in [-0.2, 0) is 4.79 Å². The summed E-state index contributed by atoms with van der Waals surface area (Å²) in [4.78, 5) is 11.2. The number of benzene rings is 1. The van der Waals surface area contributed by atoms with E-state index in [-0.39, 0.29) is 12.1 Å². The maximum Gasteiger partial charge on any atom is 0.238 e. The highest BCUT2D eigenvalue weighted by Gasteiger charge is 2.12. The minimum absolute atomic E-state index is 0.0176. The van der Waals surface area contributed by atoms with Gasteiger partial charge in [0.25, 0.3) is 0 Å². The number of halogens is 1. The van der Waals surface area contributed by atoms with Gasteiger partial charge in [-0.05, 0) is 13.0 Å². The average Bonchev–Trinajstić information content (AvgIpc) is 2.61. The van der Waals surface area contributed by atoms with Crippen LogP contribution in [0.3, 0.4) is 0 Å². The number of carbonyl (C=O) groups is 1. The van der Waals surface area contributed by atoms with Crippen molar-refractivity contribution in [1.29, 1.82) is 5.26 Å². The summed E-state index contributed by atoms with van der Waals surface area (Å²) in [5, 5.41) is 15.0. The fourth-order valence-electron chi connectivity index (χ4n) is 1.44. The van der Waals surface area contributed by atoms with Gasteiger partial charge in [-0.15, -0.1) is 0 Å². The normalized spacial score (nSPS) is 10.2. The second-order valence-corrected chi connectivity index (χ2v) is 3.48. The Morgan fingerprint density at radius 3 is 3.12 bits per heavy atom. The SMILES string of the molecule is Cc1noc2cc(F)c(NC(=O)CC#N)cc12. The standard InChI is InChI=1S/C11H8FN3O2/c1-6-7-4-9(14-11(16)2-3-13)8(12)5-10(7)17-15-6/h4-5H,2H2,1H3,(H,14,16). The molecule has 0 unspecified atom stereocenters. The van der Waals surface area contributed by atoms with Gasteiger partial charge in [0.05, 0.1) is 17.5 Å². The first-order chi connectivity index (χ1) is 8.11. The van der Waals surface area contributed by atoms with Crippen molar-refractivity contribution in [2.75, 3.05) is 5.32 Å². The Balaban J connectivity index is 2.40. The lowest BCUT2D eigenvalue weighted by atomic mass is 10.2. The van der Waals surface area contributed by atoms with E-state index in [0.29, 0.717) is 16.7 Å². The number of aromatic nitrogens is 1. The fraction of sp³-hybridized carbons (Fsp3) is 0.182. The molecule has 0 saturated carbocycles. The third-order valence-corrected chi connectivity index (χ3v) is 2.25. The van der Waals surface area contributed by atoms with Crippen molar-refractivity contribution in [3.05, 3.63) is 23.6 Å². The first-order valence-corrected chi connectivity index (χ1v) is 4.84. The molecular weight excluding hydrogens is 225 g/mol. The van der Waals surface area contributed by atoms with E-state index in [1.54, 1.807) is 13.0 Å². The molecule has 0 fully saturated rings. The third-order valence-electron chi connectivity index (χ3n) is 2.25. The van der Waals surface area contributed by atoms with E-state index in [2.05, 4.69) is 10.5 Å². The predicted octanol–water partition coefficient (Wildman–Crippen LogP) is 2.13. The Morgan fingerprint density at radius 2 is 2.41 bits per heavy atom. The van der Waals surface area contributed by atoms with E-state index < -0.39 is 11.7 Å². The fourth-order valence-corrected chi connectivity index (χ4v) is 1.44. The number of carbonyl (C=O) groups excluding carboxylic acids is 1. The van der Waals surface area contributed by atoms with Crippen LogP contribution in [0.4, 0.5) is 10.1 Å². The molecule has 0 radical (unpaired) electrons. The van der Waals surface area contributed by atoms with E-state index in [0.717, 1.165) is 6.07 Å². The molecule has 2 aromatic rings. The van der Waals surface area contributed by atoms with Crippen molar-refractivity contribution in [1.82, 2.24) is 5.16 Å². The van der Waals surface area contributed by atoms with Gasteiger partial charge in [-0.25, -0.2) is 4.39 Å². The Hall–Kier alpha value is -2.42. The smallest absolute Gasteiger partial charge is 0.238 e. The molecule has 0 saturated heterocycles. The van der Waals surface area contributed by atoms with Gasteiger partial charge in [-0.2, -0.15) is 5.26 Å². The average molecular weight is 233 g/mol. The second kappa shape index (κ2) is 4.22. The zero-order valence-corrected chi connectivity index (χ0v) is 8.95. The molecule has 5 nitrogen and oxygen atoms in total. The summed E-state index contributed by atoms with van der Waals surface area (Å²) < 4.78 is 18.4. The van der Waals surface area contributed by atoms with Crippen LogP contribution >= 0.6 is 0 Å². The summed E-state index contributed by atoms with van der Waals surface area (Å²) in [6.07, 6.45) is -0.319. The third kappa shape index (κ3) is 2.08. The van der Waals surface area contributed by atoms with Gasteiger partial charge in [0, 0.05) is 11.5 Å². The van der Waals surface area contributed by atoms with Crippen LogP contribution in [0.25, 0.3) is 11.0 Å². The molecule has 0 spiro atoms. The minimum Gasteiger partial charge on any atom is -0.356 e. The number of hydrogen-bond acceptors (Lipinski definition) is 4. The van der Waals surface area contributed by atoms with E-state index in [9.17, 15) is 9.18 Å². The molecule has 1 heterocycles. The number of anilines is 1. The summed E-state index contributed by atoms with van der Waals surface area (Å²) in [6, 6.07) is 4.27. The lowest BCUT2D eigenvalue weighted by Crippen LogP contribution is -2.11. The van der Waals surface area contributed by atoms with Gasteiger partial charge in [0.15, 0.2) is 11.4 Å². The van der Waals surface area contributed by atoms with Crippen molar-refractivity contribution < 1.29 is 13.7 Å². The molecule has 2 rings (SSSR count). The zero-order chi connectivity index (χ0) is 12.4. The van der Waals surface area contributed by atoms with E-state index in [1.165, 1.54) is 6.07 Å². The maximum atomic E-state index is 13.5. The number of nitrogens with zero attached hydrogens (tertiary/aromatic N) is 2. The monoisotopic (exact) mass is 233 g/mol. The molecule has 86 valence electrons. The van der Waals surface area contributed by atoms with Crippen molar-refractivity contribution in [2.45, 2.75) is 13.3 Å². The van der Waals surface area contributed by atoms with Crippen LogP contribution < -0.4 is 5.32 Å². The minimum atomic E-state index is -0.625. The van der Waals surface area contributed by atoms with Crippen molar-refractivity contribution >= 4 is 22.6 Å². The van der Waals surface area contributed by atoms with Crippen molar-refractivity contribution in [3.8, 4) is 6.07 Å². The molecular formula is C11H8FN3O2. The number of rotatable bonds is 2. The van der Waals surface area contributed by atoms with E-state index in [1.807, 2.05) is 0 Å². The van der Waals surface area contributed by atoms with Gasteiger partial charge >= 0.3 is 0 Å². The van der Waals surface area contributed by atoms with Gasteiger partial charge in [-0.3, -0.25) is 4.79 Å². The molecule has 1 aromatic carbocycles. The quantitative estimate of drug-likeness (QED) is 0.861. The van der Waals surface area contributed by atoms with Gasteiger partial charge in [0.1, 0.15) is 6.42 Å². The first kappa shape index (κ1) is 11.1. The Kier molecular flexibility index (Phi) is 2.75. The lowest BCUT2D eigenvalue weighted by Gasteiger charge is -2.03. The van der Waals surface area contributed by atoms with Gasteiger partial charge in [0.2, 0.25) is 5.91 Å². The number of amides is 1. The van der Waals surface area contributed by atoms with Crippen molar-refractivity contribution in [3.63, 3.8) is 0 Å². The van der Waals surface area contributed by atoms with Crippen LogP contribution in [0.1, 0.15) is 12.1 Å². The molecule has 0 aliphatic rings. The Labute approximate surface area is 95.8 Å². The van der Waals surface area contributed by atoms with Crippen LogP contribution in [0.15, 0.2) is 16.7 Å². The molecule has 6 heteroatoms. The highest BCUT2D eigenvalue weighted by molar-refractivity contribution is 5.94. The first-order valence-electron chi connectivity index (χ1n) is 4.84. The van der Waals surface area contributed by atoms with E-state index in [4.69, 9.17) is 9.78 Å². The number of aryl methyl sites for hydroxylation is 1. The molecule has 1 amide bonds. The number of hydrogen-bond donors (Lipinski definition) is 1. The van der Waals surface area contributed by atoms with Gasteiger partial charge < -0.3 is 9.84 Å². The topological polar surface area (TPSA) is 78.9 Å². The summed E-state index contributed by atoms with van der Waals surface area (Å²) in [7, 11) is 0. The maximum absolute atomic E-state index is 13.5. The summed E-state index contributed by atoms with van der Waals surface area (Å²) in [5.74, 6) is -1.18. The molecule has 1 N–H and O–H groups in total. The summed E-state index contributed by atoms with van der Waals surface area (Å²) >= 11 is 0. The highest BCUT2D eigenvalue weighted by Crippen LogP contribution is 2.25. The molecule has 0 aliphatic heterocycles. The number of nitrogens with one attached hydrogen (secondary N) is 1. The summed E-state index contributed by atoms with van der Waals surface area (Å²) in [5.41, 5.74) is 0.943. The number of fused-ring (bicyclic) bond motifs is 1. The second-order valence-electron chi connectivity index (χ2n) is 3.48. The lowest BCUT2D eigenvalue weighted by molar-refractivity contribution is -0.115. The van der Waals surface area contributed by atoms with Crippen molar-refractivity contribution in [2.24, 2.45) is 0 Å². The Morgan fingerprint density at radius 1 is 1.65 bits per heavy atom. The molecule has 0 bridgehead atoms. The van der Waals surface area contributed by atoms with Crippen LogP contribution in [-0.4, -0.2) is 11.1 Å². The van der Waals surface area contributed by atoms with Gasteiger partial charge in [-0.1, -0.05) is 5.16 Å². The number of nitriles is 1. The highest BCUT2D eigenvalue weighted by atomic mass is 19.1. The molecule has 0 atom stereocenters. The molecule has 17 heavy (non-hydrogen) atoms. The molecule has 0 aliphatic carbocycles. The Bertz CT molecular complexity index is 627. The van der Waals surface area contributed by atoms with Crippen LogP contribution in [0, 0.1) is 24.1 Å². The van der Waals surface area contributed by atoms with Crippen LogP contribution in [0.2, 0.25) is 0 Å².